The first-order valence-corrected chi connectivity index (χ1v) is 11.4. The average Bonchev–Trinajstić information content (AvgIpc) is 2.78. The minimum Gasteiger partial charge on any atom is -0.465 e. The van der Waals surface area contributed by atoms with Gasteiger partial charge < -0.3 is 14.8 Å². The van der Waals surface area contributed by atoms with E-state index >= 15 is 0 Å². The van der Waals surface area contributed by atoms with Gasteiger partial charge >= 0.3 is 6.09 Å². The van der Waals surface area contributed by atoms with Gasteiger partial charge in [-0.2, -0.15) is 0 Å². The molecule has 5 nitrogen and oxygen atoms in total. The second-order valence-corrected chi connectivity index (χ2v) is 12.9. The maximum absolute atomic E-state index is 11.2. The van der Waals surface area contributed by atoms with Crippen LogP contribution in [0.5, 0.6) is 0 Å². The second-order valence-electron chi connectivity index (χ2n) is 8.15. The van der Waals surface area contributed by atoms with E-state index in [4.69, 9.17) is 9.53 Å². The SMILES string of the molecule is CC(C)(C)[Si](C)(C)O[C@H]1CN(Cc2ccccc2)C[C@H]1NC(=O)O. The van der Waals surface area contributed by atoms with E-state index in [1.54, 1.807) is 0 Å². The molecule has 0 bridgehead atoms. The fourth-order valence-corrected chi connectivity index (χ4v) is 4.14. The Morgan fingerprint density at radius 2 is 1.92 bits per heavy atom. The highest BCUT2D eigenvalue weighted by atomic mass is 28.4. The molecule has 2 atom stereocenters. The van der Waals surface area contributed by atoms with E-state index in [1.807, 2.05) is 18.2 Å². The monoisotopic (exact) mass is 350 g/mol. The number of nitrogens with zero attached hydrogens (tertiary/aromatic N) is 1. The van der Waals surface area contributed by atoms with E-state index < -0.39 is 14.4 Å². The average molecular weight is 351 g/mol. The van der Waals surface area contributed by atoms with Crippen molar-refractivity contribution in [1.82, 2.24) is 10.2 Å². The van der Waals surface area contributed by atoms with E-state index in [9.17, 15) is 4.79 Å². The van der Waals surface area contributed by atoms with Crippen LogP contribution in [0, 0.1) is 0 Å². The first-order chi connectivity index (χ1) is 11.1. The summed E-state index contributed by atoms with van der Waals surface area (Å²) in [6.07, 6.45) is -1.07. The van der Waals surface area contributed by atoms with Crippen LogP contribution < -0.4 is 5.32 Å². The number of carboxylic acid groups (broad SMARTS) is 1. The van der Waals surface area contributed by atoms with Crippen molar-refractivity contribution < 1.29 is 14.3 Å². The summed E-state index contributed by atoms with van der Waals surface area (Å²) in [5, 5.41) is 11.9. The summed E-state index contributed by atoms with van der Waals surface area (Å²) in [7, 11) is -1.94. The molecule has 0 saturated carbocycles. The van der Waals surface area contributed by atoms with Gasteiger partial charge in [0.25, 0.3) is 0 Å². The van der Waals surface area contributed by atoms with Crippen molar-refractivity contribution >= 4 is 14.4 Å². The predicted molar refractivity (Wildman–Crippen MR) is 98.7 cm³/mol. The molecule has 1 amide bonds. The summed E-state index contributed by atoms with van der Waals surface area (Å²) < 4.78 is 6.52. The fourth-order valence-electron chi connectivity index (χ4n) is 2.79. The number of rotatable bonds is 5. The zero-order valence-corrected chi connectivity index (χ0v) is 16.4. The van der Waals surface area contributed by atoms with Crippen LogP contribution in [0.15, 0.2) is 30.3 Å². The molecule has 6 heteroatoms. The summed E-state index contributed by atoms with van der Waals surface area (Å²) >= 11 is 0. The maximum atomic E-state index is 11.2. The highest BCUT2D eigenvalue weighted by Crippen LogP contribution is 2.38. The van der Waals surface area contributed by atoms with Crippen LogP contribution in [0.1, 0.15) is 26.3 Å². The molecule has 1 heterocycles. The first kappa shape index (κ1) is 19.0. The number of nitrogens with one attached hydrogen (secondary N) is 1. The fraction of sp³-hybridized carbons (Fsp3) is 0.611. The Balaban J connectivity index is 2.08. The van der Waals surface area contributed by atoms with E-state index in [2.05, 4.69) is 56.2 Å². The Kier molecular flexibility index (Phi) is 5.73. The second kappa shape index (κ2) is 7.25. The third-order valence-corrected chi connectivity index (χ3v) is 9.66. The van der Waals surface area contributed by atoms with Crippen molar-refractivity contribution in [1.29, 1.82) is 0 Å². The molecule has 0 aliphatic carbocycles. The molecular weight excluding hydrogens is 320 g/mol. The zero-order chi connectivity index (χ0) is 18.0. The van der Waals surface area contributed by atoms with Crippen molar-refractivity contribution in [2.45, 2.75) is 57.6 Å². The third kappa shape index (κ3) is 4.81. The van der Waals surface area contributed by atoms with Crippen molar-refractivity contribution in [3.8, 4) is 0 Å². The van der Waals surface area contributed by atoms with Crippen LogP contribution in [0.2, 0.25) is 18.1 Å². The Morgan fingerprint density at radius 3 is 2.46 bits per heavy atom. The summed E-state index contributed by atoms with van der Waals surface area (Å²) in [4.78, 5) is 13.4. The molecular formula is C18H30N2O3Si. The standard InChI is InChI=1S/C18H30N2O3Si/c1-18(2,3)24(4,5)23-16-13-20(12-15(16)19-17(21)22)11-14-9-7-6-8-10-14/h6-10,15-16,19H,11-13H2,1-5H3,(H,21,22)/t15-,16+/m1/s1. The lowest BCUT2D eigenvalue weighted by Crippen LogP contribution is -2.51. The number of benzene rings is 1. The van der Waals surface area contributed by atoms with Crippen molar-refractivity contribution in [3.63, 3.8) is 0 Å². The highest BCUT2D eigenvalue weighted by molar-refractivity contribution is 6.74. The van der Waals surface area contributed by atoms with Crippen LogP contribution in [0.3, 0.4) is 0 Å². The number of hydrogen-bond acceptors (Lipinski definition) is 3. The lowest BCUT2D eigenvalue weighted by Gasteiger charge is -2.39. The summed E-state index contributed by atoms with van der Waals surface area (Å²) in [5.74, 6) is 0. The van der Waals surface area contributed by atoms with Gasteiger partial charge in [-0.05, 0) is 23.7 Å². The number of amides is 1. The Hall–Kier alpha value is -1.37. The molecule has 0 aromatic heterocycles. The van der Waals surface area contributed by atoms with Gasteiger partial charge in [-0.3, -0.25) is 4.90 Å². The smallest absolute Gasteiger partial charge is 0.405 e. The minimum atomic E-state index is -1.94. The molecule has 1 fully saturated rings. The Bertz CT molecular complexity index is 557. The number of hydrogen-bond donors (Lipinski definition) is 2. The molecule has 1 saturated heterocycles. The van der Waals surface area contributed by atoms with E-state index in [1.165, 1.54) is 5.56 Å². The lowest BCUT2D eigenvalue weighted by molar-refractivity contribution is 0.148. The van der Waals surface area contributed by atoms with Crippen LogP contribution in [-0.2, 0) is 11.0 Å². The van der Waals surface area contributed by atoms with Gasteiger partial charge in [0.1, 0.15) is 0 Å². The topological polar surface area (TPSA) is 61.8 Å². The molecule has 1 aromatic carbocycles. The Labute approximate surface area is 146 Å². The molecule has 0 unspecified atom stereocenters. The Morgan fingerprint density at radius 1 is 1.29 bits per heavy atom. The molecule has 0 radical (unpaired) electrons. The van der Waals surface area contributed by atoms with Gasteiger partial charge in [-0.15, -0.1) is 0 Å². The number of carbonyl (C=O) groups is 1. The minimum absolute atomic E-state index is 0.0919. The van der Waals surface area contributed by atoms with Crippen molar-refractivity contribution in [3.05, 3.63) is 35.9 Å². The van der Waals surface area contributed by atoms with Gasteiger partial charge in [0.2, 0.25) is 0 Å². The van der Waals surface area contributed by atoms with Gasteiger partial charge in [0.15, 0.2) is 8.32 Å². The molecule has 2 N–H and O–H groups in total. The van der Waals surface area contributed by atoms with Crippen LogP contribution in [0.25, 0.3) is 0 Å². The van der Waals surface area contributed by atoms with Crippen molar-refractivity contribution in [2.75, 3.05) is 13.1 Å². The van der Waals surface area contributed by atoms with E-state index in [-0.39, 0.29) is 17.2 Å². The molecule has 134 valence electrons. The highest BCUT2D eigenvalue weighted by Gasteiger charge is 2.43. The van der Waals surface area contributed by atoms with Crippen LogP contribution >= 0.6 is 0 Å². The van der Waals surface area contributed by atoms with Crippen LogP contribution in [0.4, 0.5) is 4.79 Å². The van der Waals surface area contributed by atoms with E-state index in [0.29, 0.717) is 6.54 Å². The predicted octanol–water partition coefficient (Wildman–Crippen LogP) is 3.53. The first-order valence-electron chi connectivity index (χ1n) is 8.52. The molecule has 1 aromatic rings. The molecule has 0 spiro atoms. The quantitative estimate of drug-likeness (QED) is 0.798. The maximum Gasteiger partial charge on any atom is 0.405 e. The molecule has 24 heavy (non-hydrogen) atoms. The van der Waals surface area contributed by atoms with E-state index in [0.717, 1.165) is 13.1 Å². The lowest BCUT2D eigenvalue weighted by atomic mass is 10.2. The molecule has 1 aliphatic heterocycles. The van der Waals surface area contributed by atoms with Gasteiger partial charge in [-0.1, -0.05) is 51.1 Å². The van der Waals surface area contributed by atoms with Gasteiger partial charge in [-0.25, -0.2) is 4.79 Å². The third-order valence-electron chi connectivity index (χ3n) is 5.15. The van der Waals surface area contributed by atoms with Crippen molar-refractivity contribution in [2.24, 2.45) is 0 Å². The summed E-state index contributed by atoms with van der Waals surface area (Å²) in [6, 6.07) is 10.1. The van der Waals surface area contributed by atoms with Gasteiger partial charge in [0, 0.05) is 19.6 Å². The zero-order valence-electron chi connectivity index (χ0n) is 15.4. The molecule has 2 rings (SSSR count). The van der Waals surface area contributed by atoms with Gasteiger partial charge in [0.05, 0.1) is 12.1 Å². The normalized spacial score (nSPS) is 22.5. The number of likely N-dealkylation sites (tertiary alicyclic amines) is 1. The summed E-state index contributed by atoms with van der Waals surface area (Å²) in [6.45, 7) is 13.3. The van der Waals surface area contributed by atoms with Crippen LogP contribution in [-0.4, -0.2) is 49.7 Å². The molecule has 1 aliphatic rings. The summed E-state index contributed by atoms with van der Waals surface area (Å²) in [5.41, 5.74) is 1.24. The largest absolute Gasteiger partial charge is 0.465 e.